The molecule has 3 aliphatic rings. The third-order valence-electron chi connectivity index (χ3n) is 6.54. The molecule has 190 valence electrons. The Kier molecular flexibility index (Phi) is 6.77. The number of amides is 4. The number of carbonyl (C=O) groups is 4. The molecule has 3 rings (SSSR count). The summed E-state index contributed by atoms with van der Waals surface area (Å²) in [7, 11) is -3.87. The standard InChI is InChI=1S/C22H34N4O7S/c1-6-14-12-22(14,18(29)25-34(31,32)21(5)9-10-21)24-17(28)15-8-7-11-26(15)16(27)13-23-19(30)33-20(2,3)4/h6,14-15H,1,7-13H2,2-5H3,(H,23,30)(H,24,28)(H,25,29)/t14-,15+,22-/m1/s1. The number of alkyl carbamates (subject to hydrolysis) is 1. The Bertz CT molecular complexity index is 999. The molecule has 3 N–H and O–H groups in total. The highest BCUT2D eigenvalue weighted by molar-refractivity contribution is 7.91. The van der Waals surface area contributed by atoms with Crippen LogP contribution in [0.2, 0.25) is 0 Å². The van der Waals surface area contributed by atoms with E-state index in [1.54, 1.807) is 27.7 Å². The molecule has 3 atom stereocenters. The Hall–Kier alpha value is -2.63. The van der Waals surface area contributed by atoms with Gasteiger partial charge in [0.25, 0.3) is 5.91 Å². The first-order valence-corrected chi connectivity index (χ1v) is 12.9. The van der Waals surface area contributed by atoms with Gasteiger partial charge in [-0.1, -0.05) is 6.08 Å². The summed E-state index contributed by atoms with van der Waals surface area (Å²) >= 11 is 0. The third kappa shape index (κ3) is 5.37. The van der Waals surface area contributed by atoms with E-state index in [-0.39, 0.29) is 13.0 Å². The van der Waals surface area contributed by atoms with E-state index < -0.39 is 61.7 Å². The normalized spacial score (nSPS) is 27.4. The molecule has 34 heavy (non-hydrogen) atoms. The molecule has 0 spiro atoms. The van der Waals surface area contributed by atoms with E-state index in [1.807, 2.05) is 0 Å². The summed E-state index contributed by atoms with van der Waals surface area (Å²) in [6.07, 6.45) is 2.89. The van der Waals surface area contributed by atoms with Gasteiger partial charge in [-0.25, -0.2) is 13.2 Å². The van der Waals surface area contributed by atoms with E-state index in [1.165, 1.54) is 11.0 Å². The molecule has 2 saturated carbocycles. The van der Waals surface area contributed by atoms with Crippen LogP contribution in [0.5, 0.6) is 0 Å². The van der Waals surface area contributed by atoms with Crippen molar-refractivity contribution in [3.63, 3.8) is 0 Å². The highest BCUT2D eigenvalue weighted by atomic mass is 32.2. The molecule has 0 radical (unpaired) electrons. The highest BCUT2D eigenvalue weighted by Gasteiger charge is 2.62. The van der Waals surface area contributed by atoms with Gasteiger partial charge in [0, 0.05) is 12.5 Å². The van der Waals surface area contributed by atoms with E-state index >= 15 is 0 Å². The van der Waals surface area contributed by atoms with E-state index in [0.29, 0.717) is 32.2 Å². The molecule has 4 amide bonds. The minimum absolute atomic E-state index is 0.223. The van der Waals surface area contributed by atoms with Gasteiger partial charge in [0.15, 0.2) is 0 Å². The van der Waals surface area contributed by atoms with Crippen molar-refractivity contribution in [3.8, 4) is 0 Å². The number of ether oxygens (including phenoxy) is 1. The van der Waals surface area contributed by atoms with Crippen LogP contribution < -0.4 is 15.4 Å². The Balaban J connectivity index is 1.63. The largest absolute Gasteiger partial charge is 0.444 e. The quantitative estimate of drug-likeness (QED) is 0.414. The van der Waals surface area contributed by atoms with Crippen molar-refractivity contribution in [1.29, 1.82) is 0 Å². The van der Waals surface area contributed by atoms with E-state index in [4.69, 9.17) is 4.74 Å². The molecule has 0 bridgehead atoms. The van der Waals surface area contributed by atoms with Gasteiger partial charge in [0.05, 0.1) is 4.75 Å². The van der Waals surface area contributed by atoms with Crippen LogP contribution in [-0.2, 0) is 29.1 Å². The van der Waals surface area contributed by atoms with Gasteiger partial charge in [-0.05, 0) is 59.8 Å². The van der Waals surface area contributed by atoms with Crippen molar-refractivity contribution in [3.05, 3.63) is 12.7 Å². The summed E-state index contributed by atoms with van der Waals surface area (Å²) in [5.41, 5.74) is -2.13. The molecule has 0 aromatic carbocycles. The van der Waals surface area contributed by atoms with Crippen LogP contribution in [0, 0.1) is 5.92 Å². The number of nitrogens with zero attached hydrogens (tertiary/aromatic N) is 1. The number of likely N-dealkylation sites (tertiary alicyclic amines) is 1. The second-order valence-electron chi connectivity index (χ2n) is 10.5. The van der Waals surface area contributed by atoms with Crippen LogP contribution in [0.15, 0.2) is 12.7 Å². The zero-order valence-electron chi connectivity index (χ0n) is 20.1. The maximum atomic E-state index is 13.1. The lowest BCUT2D eigenvalue weighted by Crippen LogP contribution is -2.57. The van der Waals surface area contributed by atoms with Crippen molar-refractivity contribution in [1.82, 2.24) is 20.3 Å². The van der Waals surface area contributed by atoms with Crippen LogP contribution in [0.1, 0.15) is 59.8 Å². The lowest BCUT2D eigenvalue weighted by molar-refractivity contribution is -0.139. The second kappa shape index (κ2) is 8.86. The van der Waals surface area contributed by atoms with Gasteiger partial charge in [0.2, 0.25) is 21.8 Å². The van der Waals surface area contributed by atoms with Gasteiger partial charge in [-0.15, -0.1) is 6.58 Å². The van der Waals surface area contributed by atoms with E-state index in [2.05, 4.69) is 21.9 Å². The smallest absolute Gasteiger partial charge is 0.408 e. The summed E-state index contributed by atoms with van der Waals surface area (Å²) in [6.45, 7) is 10.3. The summed E-state index contributed by atoms with van der Waals surface area (Å²) in [5.74, 6) is -2.21. The number of rotatable bonds is 8. The summed E-state index contributed by atoms with van der Waals surface area (Å²) < 4.78 is 31.3. The van der Waals surface area contributed by atoms with Gasteiger partial charge in [-0.3, -0.25) is 19.1 Å². The molecule has 0 unspecified atom stereocenters. The average molecular weight is 499 g/mol. The first kappa shape index (κ1) is 26.0. The van der Waals surface area contributed by atoms with Gasteiger partial charge in [0.1, 0.15) is 23.7 Å². The van der Waals surface area contributed by atoms with Crippen LogP contribution in [0.25, 0.3) is 0 Å². The number of nitrogens with one attached hydrogen (secondary N) is 3. The SMILES string of the molecule is C=C[C@@H]1C[C@]1(NC(=O)[C@@H]1CCCN1C(=O)CNC(=O)OC(C)(C)C)C(=O)NS(=O)(=O)C1(C)CC1. The second-order valence-corrected chi connectivity index (χ2v) is 12.7. The molecular weight excluding hydrogens is 464 g/mol. The summed E-state index contributed by atoms with van der Waals surface area (Å²) in [6, 6.07) is -0.832. The third-order valence-corrected chi connectivity index (χ3v) is 8.70. The zero-order valence-corrected chi connectivity index (χ0v) is 20.9. The molecule has 0 aromatic rings. The van der Waals surface area contributed by atoms with Crippen LogP contribution in [0.3, 0.4) is 0 Å². The van der Waals surface area contributed by atoms with Crippen molar-refractivity contribution in [2.75, 3.05) is 13.1 Å². The zero-order chi connectivity index (χ0) is 25.5. The Morgan fingerprint density at radius 2 is 1.85 bits per heavy atom. The number of sulfonamides is 1. The number of hydrogen-bond acceptors (Lipinski definition) is 7. The highest BCUT2D eigenvalue weighted by Crippen LogP contribution is 2.47. The summed E-state index contributed by atoms with van der Waals surface area (Å²) in [4.78, 5) is 51.9. The van der Waals surface area contributed by atoms with Gasteiger partial charge < -0.3 is 20.3 Å². The minimum atomic E-state index is -3.87. The molecule has 2 aliphatic carbocycles. The molecule has 1 aliphatic heterocycles. The van der Waals surface area contributed by atoms with Crippen molar-refractivity contribution >= 4 is 33.8 Å². The molecular formula is C22H34N4O7S. The van der Waals surface area contributed by atoms with Crippen LogP contribution >= 0.6 is 0 Å². The molecule has 1 heterocycles. The van der Waals surface area contributed by atoms with Gasteiger partial charge >= 0.3 is 6.09 Å². The maximum absolute atomic E-state index is 13.1. The number of carbonyl (C=O) groups excluding carboxylic acids is 4. The first-order chi connectivity index (χ1) is 15.6. The predicted molar refractivity (Wildman–Crippen MR) is 123 cm³/mol. The maximum Gasteiger partial charge on any atom is 0.408 e. The summed E-state index contributed by atoms with van der Waals surface area (Å²) in [5, 5.41) is 5.08. The predicted octanol–water partition coefficient (Wildman–Crippen LogP) is 0.562. The number of hydrogen-bond donors (Lipinski definition) is 3. The monoisotopic (exact) mass is 498 g/mol. The van der Waals surface area contributed by atoms with Crippen LogP contribution in [-0.4, -0.2) is 72.2 Å². The van der Waals surface area contributed by atoms with Gasteiger partial charge in [-0.2, -0.15) is 0 Å². The molecule has 3 fully saturated rings. The van der Waals surface area contributed by atoms with Crippen molar-refractivity contribution in [2.24, 2.45) is 5.92 Å². The minimum Gasteiger partial charge on any atom is -0.444 e. The van der Waals surface area contributed by atoms with Crippen molar-refractivity contribution in [2.45, 2.75) is 81.7 Å². The van der Waals surface area contributed by atoms with E-state index in [9.17, 15) is 27.6 Å². The Labute approximate surface area is 200 Å². The van der Waals surface area contributed by atoms with Crippen LogP contribution in [0.4, 0.5) is 4.79 Å². The van der Waals surface area contributed by atoms with E-state index in [0.717, 1.165) is 0 Å². The Morgan fingerprint density at radius 1 is 1.21 bits per heavy atom. The fourth-order valence-corrected chi connectivity index (χ4v) is 5.33. The average Bonchev–Trinajstić information content (AvgIpc) is 3.58. The molecule has 0 aromatic heterocycles. The Morgan fingerprint density at radius 3 is 2.38 bits per heavy atom. The first-order valence-electron chi connectivity index (χ1n) is 11.4. The molecule has 1 saturated heterocycles. The fourth-order valence-electron chi connectivity index (χ4n) is 4.02. The fraction of sp³-hybridized carbons (Fsp3) is 0.727. The lowest BCUT2D eigenvalue weighted by Gasteiger charge is -2.27. The topological polar surface area (TPSA) is 151 Å². The lowest BCUT2D eigenvalue weighted by atomic mass is 10.1. The molecule has 12 heteroatoms. The molecule has 11 nitrogen and oxygen atoms in total. The van der Waals surface area contributed by atoms with Crippen molar-refractivity contribution < 1.29 is 32.3 Å².